The van der Waals surface area contributed by atoms with Crippen LogP contribution in [0, 0.1) is 0 Å². The number of rotatable bonds is 3. The van der Waals surface area contributed by atoms with E-state index in [1.165, 1.54) is 0 Å². The summed E-state index contributed by atoms with van der Waals surface area (Å²) < 4.78 is 6.56. The number of aliphatic hydroxyl groups excluding tert-OH is 1. The minimum Gasteiger partial charge on any atom is -0.456 e. The van der Waals surface area contributed by atoms with E-state index in [9.17, 15) is 5.11 Å². The summed E-state index contributed by atoms with van der Waals surface area (Å²) in [6.07, 6.45) is -0.577. The third-order valence-electron chi connectivity index (χ3n) is 2.48. The first-order valence-corrected chi connectivity index (χ1v) is 6.65. The van der Waals surface area contributed by atoms with Gasteiger partial charge in [-0.2, -0.15) is 0 Å². The SMILES string of the molecule is C[C@@H](O)c1ccccc1Oc1ccc(Cl)cc1Br. The second-order valence-electron chi connectivity index (χ2n) is 3.89. The van der Waals surface area contributed by atoms with Gasteiger partial charge in [0.15, 0.2) is 0 Å². The Morgan fingerprint density at radius 3 is 2.56 bits per heavy atom. The normalized spacial score (nSPS) is 12.2. The molecule has 0 bridgehead atoms. The summed E-state index contributed by atoms with van der Waals surface area (Å²) in [5, 5.41) is 10.3. The maximum absolute atomic E-state index is 9.68. The fourth-order valence-corrected chi connectivity index (χ4v) is 2.36. The molecule has 2 rings (SSSR count). The van der Waals surface area contributed by atoms with E-state index in [2.05, 4.69) is 15.9 Å². The van der Waals surface area contributed by atoms with Gasteiger partial charge in [0, 0.05) is 10.6 Å². The van der Waals surface area contributed by atoms with Crippen molar-refractivity contribution in [1.82, 2.24) is 0 Å². The Bertz CT molecular complexity index is 555. The van der Waals surface area contributed by atoms with Gasteiger partial charge in [0.2, 0.25) is 0 Å². The van der Waals surface area contributed by atoms with Gasteiger partial charge in [-0.15, -0.1) is 0 Å². The topological polar surface area (TPSA) is 29.5 Å². The predicted octanol–water partition coefficient (Wildman–Crippen LogP) is 4.95. The zero-order valence-electron chi connectivity index (χ0n) is 9.73. The summed E-state index contributed by atoms with van der Waals surface area (Å²) in [6, 6.07) is 12.7. The molecule has 0 saturated carbocycles. The Kier molecular flexibility index (Phi) is 4.27. The second-order valence-corrected chi connectivity index (χ2v) is 5.18. The fourth-order valence-electron chi connectivity index (χ4n) is 1.60. The Morgan fingerprint density at radius 1 is 1.17 bits per heavy atom. The van der Waals surface area contributed by atoms with Crippen LogP contribution < -0.4 is 4.74 Å². The molecule has 2 aromatic carbocycles. The number of hydrogen-bond donors (Lipinski definition) is 1. The van der Waals surface area contributed by atoms with Gasteiger partial charge in [-0.3, -0.25) is 0 Å². The molecule has 1 N–H and O–H groups in total. The highest BCUT2D eigenvalue weighted by atomic mass is 79.9. The first kappa shape index (κ1) is 13.4. The number of hydrogen-bond acceptors (Lipinski definition) is 2. The molecule has 0 unspecified atom stereocenters. The zero-order chi connectivity index (χ0) is 13.1. The van der Waals surface area contributed by atoms with Crippen molar-refractivity contribution in [1.29, 1.82) is 0 Å². The molecule has 0 aliphatic carbocycles. The molecule has 0 fully saturated rings. The van der Waals surface area contributed by atoms with Crippen molar-refractivity contribution in [3.8, 4) is 11.5 Å². The maximum Gasteiger partial charge on any atom is 0.141 e. The van der Waals surface area contributed by atoms with E-state index in [1.807, 2.05) is 24.3 Å². The van der Waals surface area contributed by atoms with Crippen LogP contribution in [-0.2, 0) is 0 Å². The molecule has 0 heterocycles. The Hall–Kier alpha value is -1.03. The zero-order valence-corrected chi connectivity index (χ0v) is 12.1. The summed E-state index contributed by atoms with van der Waals surface area (Å²) in [5.74, 6) is 1.29. The van der Waals surface area contributed by atoms with Crippen molar-refractivity contribution in [2.24, 2.45) is 0 Å². The molecular weight excluding hydrogens is 316 g/mol. The number of halogens is 2. The average Bonchev–Trinajstić information content (AvgIpc) is 2.33. The number of para-hydroxylation sites is 1. The number of ether oxygens (including phenoxy) is 1. The lowest BCUT2D eigenvalue weighted by molar-refractivity contribution is 0.195. The van der Waals surface area contributed by atoms with Gasteiger partial charge in [0.25, 0.3) is 0 Å². The van der Waals surface area contributed by atoms with E-state index < -0.39 is 6.10 Å². The summed E-state index contributed by atoms with van der Waals surface area (Å²) in [4.78, 5) is 0. The first-order valence-electron chi connectivity index (χ1n) is 5.48. The molecule has 18 heavy (non-hydrogen) atoms. The van der Waals surface area contributed by atoms with E-state index in [-0.39, 0.29) is 0 Å². The van der Waals surface area contributed by atoms with Crippen LogP contribution in [0.1, 0.15) is 18.6 Å². The maximum atomic E-state index is 9.68. The molecular formula is C14H12BrClO2. The van der Waals surface area contributed by atoms with Gasteiger partial charge in [0.05, 0.1) is 10.6 Å². The molecule has 2 aromatic rings. The quantitative estimate of drug-likeness (QED) is 0.864. The standard InChI is InChI=1S/C14H12BrClO2/c1-9(17)11-4-2-3-5-13(11)18-14-7-6-10(16)8-12(14)15/h2-9,17H,1H3/t9-/m1/s1. The monoisotopic (exact) mass is 326 g/mol. The summed E-state index contributed by atoms with van der Waals surface area (Å²) in [7, 11) is 0. The second kappa shape index (κ2) is 5.74. The van der Waals surface area contributed by atoms with E-state index in [0.717, 1.165) is 10.0 Å². The lowest BCUT2D eigenvalue weighted by Gasteiger charge is -2.13. The van der Waals surface area contributed by atoms with Gasteiger partial charge < -0.3 is 9.84 Å². The predicted molar refractivity (Wildman–Crippen MR) is 76.3 cm³/mol. The van der Waals surface area contributed by atoms with Gasteiger partial charge in [-0.1, -0.05) is 29.8 Å². The highest BCUT2D eigenvalue weighted by molar-refractivity contribution is 9.10. The van der Waals surface area contributed by atoms with Crippen LogP contribution in [0.25, 0.3) is 0 Å². The van der Waals surface area contributed by atoms with Gasteiger partial charge in [-0.05, 0) is 47.1 Å². The van der Waals surface area contributed by atoms with Gasteiger partial charge in [0.1, 0.15) is 11.5 Å². The third-order valence-corrected chi connectivity index (χ3v) is 3.34. The van der Waals surface area contributed by atoms with E-state index in [1.54, 1.807) is 25.1 Å². The Labute approximate surface area is 119 Å². The van der Waals surface area contributed by atoms with Crippen LogP contribution in [0.3, 0.4) is 0 Å². The Balaban J connectivity index is 2.34. The minimum absolute atomic E-state index is 0.577. The molecule has 0 radical (unpaired) electrons. The van der Waals surface area contributed by atoms with Crippen LogP contribution >= 0.6 is 27.5 Å². The van der Waals surface area contributed by atoms with Crippen LogP contribution in [0.15, 0.2) is 46.9 Å². The smallest absolute Gasteiger partial charge is 0.141 e. The first-order chi connectivity index (χ1) is 8.58. The minimum atomic E-state index is -0.577. The van der Waals surface area contributed by atoms with Crippen molar-refractivity contribution in [2.75, 3.05) is 0 Å². The molecule has 2 nitrogen and oxygen atoms in total. The third kappa shape index (κ3) is 3.05. The molecule has 1 atom stereocenters. The summed E-state index contributed by atoms with van der Waals surface area (Å²) in [6.45, 7) is 1.71. The van der Waals surface area contributed by atoms with Gasteiger partial charge >= 0.3 is 0 Å². The van der Waals surface area contributed by atoms with Crippen LogP contribution in [0.4, 0.5) is 0 Å². The van der Waals surface area contributed by atoms with E-state index in [0.29, 0.717) is 16.5 Å². The highest BCUT2D eigenvalue weighted by Crippen LogP contribution is 2.34. The Morgan fingerprint density at radius 2 is 1.89 bits per heavy atom. The largest absolute Gasteiger partial charge is 0.456 e. The number of benzene rings is 2. The highest BCUT2D eigenvalue weighted by Gasteiger charge is 2.10. The lowest BCUT2D eigenvalue weighted by atomic mass is 10.1. The average molecular weight is 328 g/mol. The molecule has 0 aliphatic heterocycles. The molecule has 0 amide bonds. The van der Waals surface area contributed by atoms with Crippen LogP contribution in [-0.4, -0.2) is 5.11 Å². The summed E-state index contributed by atoms with van der Waals surface area (Å²) >= 11 is 9.27. The van der Waals surface area contributed by atoms with Crippen molar-refractivity contribution < 1.29 is 9.84 Å². The van der Waals surface area contributed by atoms with Crippen molar-refractivity contribution in [2.45, 2.75) is 13.0 Å². The van der Waals surface area contributed by atoms with E-state index in [4.69, 9.17) is 16.3 Å². The van der Waals surface area contributed by atoms with Gasteiger partial charge in [-0.25, -0.2) is 0 Å². The molecule has 0 aromatic heterocycles. The summed E-state index contributed by atoms with van der Waals surface area (Å²) in [5.41, 5.74) is 0.749. The van der Waals surface area contributed by atoms with Crippen molar-refractivity contribution >= 4 is 27.5 Å². The lowest BCUT2D eigenvalue weighted by Crippen LogP contribution is -1.96. The van der Waals surface area contributed by atoms with Crippen molar-refractivity contribution in [3.63, 3.8) is 0 Å². The van der Waals surface area contributed by atoms with E-state index >= 15 is 0 Å². The number of aliphatic hydroxyl groups is 1. The molecule has 4 heteroatoms. The van der Waals surface area contributed by atoms with Crippen molar-refractivity contribution in [3.05, 3.63) is 57.5 Å². The molecule has 0 aliphatic rings. The fraction of sp³-hybridized carbons (Fsp3) is 0.143. The van der Waals surface area contributed by atoms with Crippen LogP contribution in [0.2, 0.25) is 5.02 Å². The van der Waals surface area contributed by atoms with Crippen LogP contribution in [0.5, 0.6) is 11.5 Å². The molecule has 0 saturated heterocycles. The molecule has 0 spiro atoms. The molecule has 94 valence electrons.